The van der Waals surface area contributed by atoms with Gasteiger partial charge in [-0.2, -0.15) is 0 Å². The largest absolute Gasteiger partial charge is 0.509 e. The van der Waals surface area contributed by atoms with E-state index in [1.807, 2.05) is 80.6 Å². The number of rotatable bonds is 7. The third kappa shape index (κ3) is 7.33. The summed E-state index contributed by atoms with van der Waals surface area (Å²) in [4.78, 5) is 13.6. The minimum atomic E-state index is -1.53. The van der Waals surface area contributed by atoms with Gasteiger partial charge in [0.05, 0.1) is 11.8 Å². The van der Waals surface area contributed by atoms with E-state index >= 15 is 0 Å². The van der Waals surface area contributed by atoms with Gasteiger partial charge in [0.2, 0.25) is 0 Å². The second-order valence-corrected chi connectivity index (χ2v) is 13.5. The lowest BCUT2D eigenvalue weighted by Gasteiger charge is -2.26. The molecule has 0 bridgehead atoms. The first-order chi connectivity index (χ1) is 27.4. The van der Waals surface area contributed by atoms with E-state index in [1.165, 1.54) is 26.2 Å². The first kappa shape index (κ1) is 39.5. The van der Waals surface area contributed by atoms with Crippen molar-refractivity contribution >= 4 is 51.2 Å². The van der Waals surface area contributed by atoms with Gasteiger partial charge in [-0.05, 0) is 107 Å². The van der Waals surface area contributed by atoms with Crippen LogP contribution >= 0.6 is 0 Å². The Balaban J connectivity index is 0.00000270. The number of aryl methyl sites for hydroxylation is 1. The zero-order valence-corrected chi connectivity index (χ0v) is 32.2. The van der Waals surface area contributed by atoms with Crippen LogP contribution in [-0.4, -0.2) is 36.6 Å². The molecule has 0 saturated heterocycles. The van der Waals surface area contributed by atoms with Crippen LogP contribution in [0.4, 0.5) is 0 Å². The minimum Gasteiger partial charge on any atom is -0.509 e. The number of aliphatic hydroxyl groups excluding tert-OH is 5. The molecule has 0 amide bonds. The maximum absolute atomic E-state index is 13.6. The highest BCUT2D eigenvalue weighted by molar-refractivity contribution is 6.10. The lowest BCUT2D eigenvalue weighted by molar-refractivity contribution is 0.0696. The average molecular weight is 761 g/mol. The van der Waals surface area contributed by atoms with E-state index in [2.05, 4.69) is 19.2 Å². The predicted molar refractivity (Wildman–Crippen MR) is 231 cm³/mol. The first-order valence-electron chi connectivity index (χ1n) is 18.6. The van der Waals surface area contributed by atoms with Crippen molar-refractivity contribution in [1.82, 2.24) is 0 Å². The molecule has 2 aliphatic rings. The van der Waals surface area contributed by atoms with Crippen molar-refractivity contribution < 1.29 is 40.2 Å². The van der Waals surface area contributed by atoms with Crippen LogP contribution in [0.5, 0.6) is 5.75 Å². The van der Waals surface area contributed by atoms with Gasteiger partial charge < -0.3 is 35.4 Å². The normalized spacial score (nSPS) is 15.5. The highest BCUT2D eigenvalue weighted by atomic mass is 16.5. The lowest BCUT2D eigenvalue weighted by atomic mass is 9.78. The smallest absolute Gasteiger partial charge is 0.337 e. The Morgan fingerprint density at radius 2 is 1.35 bits per heavy atom. The summed E-state index contributed by atoms with van der Waals surface area (Å²) in [6.07, 6.45) is 10.3. The van der Waals surface area contributed by atoms with Gasteiger partial charge in [0, 0.05) is 33.4 Å². The number of hydrogen-bond donors (Lipinski definition) is 6. The van der Waals surface area contributed by atoms with Gasteiger partial charge in [0.1, 0.15) is 23.0 Å². The number of benzene rings is 5. The number of allylic oxidation sites excluding steroid dienone is 7. The Labute approximate surface area is 331 Å². The molecule has 0 unspecified atom stereocenters. The van der Waals surface area contributed by atoms with Crippen molar-refractivity contribution in [2.75, 3.05) is 0 Å². The first-order valence-corrected chi connectivity index (χ1v) is 18.6. The zero-order valence-electron chi connectivity index (χ0n) is 32.2. The van der Waals surface area contributed by atoms with Crippen LogP contribution in [0.25, 0.3) is 67.5 Å². The minimum absolute atomic E-state index is 0.134. The molecule has 0 radical (unpaired) electrons. The molecule has 0 aromatic heterocycles. The lowest BCUT2D eigenvalue weighted by Crippen LogP contribution is -2.15. The predicted octanol–water partition coefficient (Wildman–Crippen LogP) is 13.0. The van der Waals surface area contributed by atoms with Crippen LogP contribution < -0.4 is 4.74 Å². The molecular formula is C49H44O8. The van der Waals surface area contributed by atoms with Crippen molar-refractivity contribution in [2.45, 2.75) is 40.5 Å². The van der Waals surface area contributed by atoms with E-state index in [0.29, 0.717) is 22.4 Å². The molecular weight excluding hydrogens is 717 g/mol. The second kappa shape index (κ2) is 16.3. The molecule has 0 fully saturated rings. The summed E-state index contributed by atoms with van der Waals surface area (Å²) in [6.45, 7) is 14.5. The Morgan fingerprint density at radius 3 is 2.04 bits per heavy atom. The molecule has 5 aromatic rings. The fourth-order valence-corrected chi connectivity index (χ4v) is 7.44. The molecule has 8 heteroatoms. The third-order valence-corrected chi connectivity index (χ3v) is 9.94. The maximum Gasteiger partial charge on any atom is 0.337 e. The highest BCUT2D eigenvalue weighted by Gasteiger charge is 2.35. The highest BCUT2D eigenvalue weighted by Crippen LogP contribution is 2.48. The van der Waals surface area contributed by atoms with E-state index in [4.69, 9.17) is 4.74 Å². The molecule has 1 aliphatic carbocycles. The third-order valence-electron chi connectivity index (χ3n) is 9.94. The van der Waals surface area contributed by atoms with Crippen molar-refractivity contribution in [1.29, 1.82) is 0 Å². The Hall–Kier alpha value is -7.19. The topological polar surface area (TPSA) is 148 Å². The molecule has 5 aromatic carbocycles. The van der Waals surface area contributed by atoms with Gasteiger partial charge in [-0.15, -0.1) is 0 Å². The van der Waals surface area contributed by atoms with Gasteiger partial charge in [-0.25, -0.2) is 4.79 Å². The number of carboxylic acids is 1. The second-order valence-electron chi connectivity index (χ2n) is 13.5. The van der Waals surface area contributed by atoms with E-state index in [1.54, 1.807) is 24.3 Å². The molecule has 6 N–H and O–H groups in total. The van der Waals surface area contributed by atoms with Crippen LogP contribution in [-0.2, 0) is 6.42 Å². The van der Waals surface area contributed by atoms with Gasteiger partial charge in [-0.3, -0.25) is 0 Å². The fraction of sp³-hybridized carbons (Fsp3) is 0.122. The molecule has 0 spiro atoms. The number of ether oxygens (including phenoxy) is 1. The zero-order chi connectivity index (χ0) is 41.1. The van der Waals surface area contributed by atoms with E-state index in [0.717, 1.165) is 40.3 Å². The molecule has 0 saturated carbocycles. The standard InChI is InChI=1S/C47H38O8.C2H6/c1-25-21-34(19-20-55-38-24-31-13-6-5-12-30(31)23-37(25)38)41-42(45(51)27(3)49)39(26(2)48)40(44(47(53)54)43(41)46(52)28(4)50)33-16-9-15-32(22-33)36-18-10-14-29-11-7-8-17-35(29)36;1-2/h5,7-12,14-24,48-52H,1-2,6,13H2,3-4H3,(H,53,54);1-2H3/b20-19-,34-21+,45-27-,46-28-;. The summed E-state index contributed by atoms with van der Waals surface area (Å²) in [6, 6.07) is 24.5. The Kier molecular flexibility index (Phi) is 11.3. The van der Waals surface area contributed by atoms with Gasteiger partial charge in [0.25, 0.3) is 0 Å². The summed E-state index contributed by atoms with van der Waals surface area (Å²) in [7, 11) is 0. The van der Waals surface area contributed by atoms with Crippen LogP contribution in [0.1, 0.15) is 83.4 Å². The van der Waals surface area contributed by atoms with E-state index < -0.39 is 45.9 Å². The van der Waals surface area contributed by atoms with Crippen molar-refractivity contribution in [2.24, 2.45) is 0 Å². The summed E-state index contributed by atoms with van der Waals surface area (Å²) >= 11 is 0. The fourth-order valence-electron chi connectivity index (χ4n) is 7.44. The monoisotopic (exact) mass is 760 g/mol. The molecule has 8 nitrogen and oxygen atoms in total. The van der Waals surface area contributed by atoms with Crippen LogP contribution in [0.2, 0.25) is 0 Å². The Morgan fingerprint density at radius 1 is 0.702 bits per heavy atom. The number of aromatic carboxylic acids is 1. The quantitative estimate of drug-likeness (QED) is 0.0898. The molecule has 57 heavy (non-hydrogen) atoms. The maximum atomic E-state index is 13.6. The number of aliphatic hydroxyl groups is 5. The molecule has 1 aliphatic heterocycles. The van der Waals surface area contributed by atoms with Gasteiger partial charge in [0.15, 0.2) is 11.5 Å². The molecule has 0 atom stereocenters. The molecule has 288 valence electrons. The number of carboxylic acid groups (broad SMARTS) is 1. The van der Waals surface area contributed by atoms with Crippen molar-refractivity contribution in [3.8, 4) is 28.0 Å². The number of fused-ring (bicyclic) bond motifs is 3. The van der Waals surface area contributed by atoms with E-state index in [-0.39, 0.29) is 33.4 Å². The molecule has 1 heterocycles. The van der Waals surface area contributed by atoms with Crippen LogP contribution in [0.3, 0.4) is 0 Å². The summed E-state index contributed by atoms with van der Waals surface area (Å²) < 4.78 is 6.11. The van der Waals surface area contributed by atoms with Crippen molar-refractivity contribution in [3.63, 3.8) is 0 Å². The van der Waals surface area contributed by atoms with Crippen molar-refractivity contribution in [3.05, 3.63) is 173 Å². The van der Waals surface area contributed by atoms with Gasteiger partial charge in [-0.1, -0.05) is 99.8 Å². The van der Waals surface area contributed by atoms with Gasteiger partial charge >= 0.3 is 5.97 Å². The summed E-state index contributed by atoms with van der Waals surface area (Å²) in [5.41, 5.74) is 3.47. The average Bonchev–Trinajstić information content (AvgIpc) is 3.21. The SMILES string of the molecule is C=C1/C=C(c2c(/C(O)=C(\C)O)c(C(=C)O)c(-c3cccc(-c4cccc5ccccc45)c3)c(C(=O)O)c2/C(O)=C(\C)O)\C=C/Oc2cc3c(cc21)C=CCC3.CC. The van der Waals surface area contributed by atoms with Crippen LogP contribution in [0, 0.1) is 0 Å². The summed E-state index contributed by atoms with van der Waals surface area (Å²) in [5.74, 6) is -4.38. The van der Waals surface area contributed by atoms with E-state index in [9.17, 15) is 35.4 Å². The Bertz CT molecular complexity index is 2570. The summed E-state index contributed by atoms with van der Waals surface area (Å²) in [5, 5.41) is 69.7. The number of carbonyl (C=O) groups is 1. The molecule has 7 rings (SSSR count). The van der Waals surface area contributed by atoms with Crippen LogP contribution in [0.15, 0.2) is 128 Å². The number of hydrogen-bond acceptors (Lipinski definition) is 7.